The highest BCUT2D eigenvalue weighted by Gasteiger charge is 2.34. The maximum Gasteiger partial charge on any atom is 0.255 e. The molecular formula is C26H24FN3O5S. The number of ether oxygens (including phenoxy) is 1. The number of benzene rings is 3. The molecule has 0 radical (unpaired) electrons. The number of nitrogens with zero attached hydrogens (tertiary/aromatic N) is 2. The van der Waals surface area contributed by atoms with Crippen LogP contribution in [0.1, 0.15) is 27.5 Å². The Kier molecular flexibility index (Phi) is 6.57. The predicted octanol–water partition coefficient (Wildman–Crippen LogP) is 3.03. The van der Waals surface area contributed by atoms with Crippen molar-refractivity contribution in [2.24, 2.45) is 0 Å². The number of hydrogen-bond donors (Lipinski definition) is 1. The molecule has 0 aliphatic carbocycles. The van der Waals surface area contributed by atoms with Crippen molar-refractivity contribution in [2.75, 3.05) is 38.2 Å². The normalized spacial score (nSPS) is 18.8. The standard InChI is InChI=1S/C26H24FN3O5S/c27-20-8-11-23-22(16-20)25(18-4-2-1-3-5-18)30(17-24(31)28-23)26(32)19-6-9-21(10-7-19)36(33,34)29-12-14-35-15-13-29/h1-11,16,25H,12-15,17H2,(H,28,31). The molecule has 1 N–H and O–H groups in total. The first-order chi connectivity index (χ1) is 17.3. The van der Waals surface area contributed by atoms with E-state index in [1.807, 2.05) is 30.3 Å². The lowest BCUT2D eigenvalue weighted by atomic mass is 9.95. The highest BCUT2D eigenvalue weighted by Crippen LogP contribution is 2.37. The van der Waals surface area contributed by atoms with Gasteiger partial charge in [-0.15, -0.1) is 0 Å². The average Bonchev–Trinajstić information content (AvgIpc) is 3.05. The van der Waals surface area contributed by atoms with Gasteiger partial charge in [-0.1, -0.05) is 30.3 Å². The SMILES string of the molecule is O=C1CN(C(=O)c2ccc(S(=O)(=O)N3CCOCC3)cc2)C(c2ccccc2)c2cc(F)ccc2N1. The zero-order valence-electron chi connectivity index (χ0n) is 19.3. The predicted molar refractivity (Wildman–Crippen MR) is 130 cm³/mol. The van der Waals surface area contributed by atoms with E-state index in [0.717, 1.165) is 0 Å². The maximum atomic E-state index is 14.3. The molecule has 3 aromatic carbocycles. The lowest BCUT2D eigenvalue weighted by Gasteiger charge is -2.31. The minimum absolute atomic E-state index is 0.0709. The zero-order chi connectivity index (χ0) is 25.3. The van der Waals surface area contributed by atoms with Gasteiger partial charge in [-0.05, 0) is 48.0 Å². The molecule has 3 aromatic rings. The van der Waals surface area contributed by atoms with Crippen LogP contribution in [0.5, 0.6) is 0 Å². The van der Waals surface area contributed by atoms with Crippen LogP contribution in [-0.4, -0.2) is 62.3 Å². The Morgan fingerprint density at radius 3 is 2.36 bits per heavy atom. The van der Waals surface area contributed by atoms with Crippen LogP contribution in [-0.2, 0) is 19.6 Å². The van der Waals surface area contributed by atoms with Gasteiger partial charge in [0.15, 0.2) is 0 Å². The molecule has 1 fully saturated rings. The molecule has 0 bridgehead atoms. The quantitative estimate of drug-likeness (QED) is 0.583. The summed E-state index contributed by atoms with van der Waals surface area (Å²) < 4.78 is 46.8. The van der Waals surface area contributed by atoms with E-state index in [0.29, 0.717) is 30.0 Å². The number of fused-ring (bicyclic) bond motifs is 1. The second kappa shape index (κ2) is 9.81. The van der Waals surface area contributed by atoms with Crippen LogP contribution in [0.4, 0.5) is 10.1 Å². The molecule has 2 amide bonds. The fourth-order valence-corrected chi connectivity index (χ4v) is 5.94. The summed E-state index contributed by atoms with van der Waals surface area (Å²) in [6.07, 6.45) is 0. The Hall–Kier alpha value is -3.60. The van der Waals surface area contributed by atoms with Crippen LogP contribution in [0, 0.1) is 5.82 Å². The first-order valence-corrected chi connectivity index (χ1v) is 12.9. The van der Waals surface area contributed by atoms with Gasteiger partial charge >= 0.3 is 0 Å². The summed E-state index contributed by atoms with van der Waals surface area (Å²) in [4.78, 5) is 27.9. The molecule has 2 heterocycles. The number of sulfonamides is 1. The lowest BCUT2D eigenvalue weighted by molar-refractivity contribution is -0.117. The van der Waals surface area contributed by atoms with E-state index >= 15 is 0 Å². The number of amides is 2. The molecule has 1 atom stereocenters. The third-order valence-corrected chi connectivity index (χ3v) is 8.21. The highest BCUT2D eigenvalue weighted by molar-refractivity contribution is 7.89. The molecule has 0 aromatic heterocycles. The van der Waals surface area contributed by atoms with Gasteiger partial charge in [0.25, 0.3) is 5.91 Å². The monoisotopic (exact) mass is 509 g/mol. The van der Waals surface area contributed by atoms with Crippen molar-refractivity contribution in [3.05, 3.63) is 95.3 Å². The van der Waals surface area contributed by atoms with Crippen LogP contribution in [0.2, 0.25) is 0 Å². The topological polar surface area (TPSA) is 96.0 Å². The van der Waals surface area contributed by atoms with Crippen molar-refractivity contribution >= 4 is 27.5 Å². The van der Waals surface area contributed by atoms with E-state index in [1.165, 1.54) is 51.7 Å². The molecule has 186 valence electrons. The number of halogens is 1. The van der Waals surface area contributed by atoms with Crippen LogP contribution in [0.3, 0.4) is 0 Å². The minimum atomic E-state index is -3.72. The number of hydrogen-bond acceptors (Lipinski definition) is 5. The van der Waals surface area contributed by atoms with E-state index in [4.69, 9.17) is 4.74 Å². The second-order valence-corrected chi connectivity index (χ2v) is 10.5. The van der Waals surface area contributed by atoms with Gasteiger partial charge in [0.2, 0.25) is 15.9 Å². The highest BCUT2D eigenvalue weighted by atomic mass is 32.2. The van der Waals surface area contributed by atoms with E-state index in [-0.39, 0.29) is 30.1 Å². The Labute approximate surface area is 208 Å². The van der Waals surface area contributed by atoms with Crippen molar-refractivity contribution in [1.82, 2.24) is 9.21 Å². The zero-order valence-corrected chi connectivity index (χ0v) is 20.1. The van der Waals surface area contributed by atoms with Crippen molar-refractivity contribution in [1.29, 1.82) is 0 Å². The van der Waals surface area contributed by atoms with Gasteiger partial charge in [-0.2, -0.15) is 4.31 Å². The number of carbonyl (C=O) groups excluding carboxylic acids is 2. The number of carbonyl (C=O) groups is 2. The third-order valence-electron chi connectivity index (χ3n) is 6.29. The summed E-state index contributed by atoms with van der Waals surface area (Å²) in [5.41, 5.74) is 1.80. The molecule has 1 saturated heterocycles. The Balaban J connectivity index is 1.52. The van der Waals surface area contributed by atoms with Gasteiger partial charge in [-0.25, -0.2) is 12.8 Å². The summed E-state index contributed by atoms with van der Waals surface area (Å²) in [5.74, 6) is -1.39. The molecule has 10 heteroatoms. The molecule has 1 unspecified atom stereocenters. The molecule has 36 heavy (non-hydrogen) atoms. The van der Waals surface area contributed by atoms with Gasteiger partial charge in [0.1, 0.15) is 12.4 Å². The largest absolute Gasteiger partial charge is 0.379 e. The number of nitrogens with one attached hydrogen (secondary N) is 1. The van der Waals surface area contributed by atoms with E-state index in [1.54, 1.807) is 0 Å². The van der Waals surface area contributed by atoms with Crippen molar-refractivity contribution in [3.63, 3.8) is 0 Å². The summed E-state index contributed by atoms with van der Waals surface area (Å²) in [7, 11) is -3.72. The summed E-state index contributed by atoms with van der Waals surface area (Å²) in [5, 5.41) is 2.76. The van der Waals surface area contributed by atoms with Crippen LogP contribution >= 0.6 is 0 Å². The molecule has 0 spiro atoms. The Bertz CT molecular complexity index is 1390. The fourth-order valence-electron chi connectivity index (χ4n) is 4.53. The van der Waals surface area contributed by atoms with Crippen LogP contribution < -0.4 is 5.32 Å². The van der Waals surface area contributed by atoms with Crippen molar-refractivity contribution in [3.8, 4) is 0 Å². The second-order valence-electron chi connectivity index (χ2n) is 8.57. The lowest BCUT2D eigenvalue weighted by Crippen LogP contribution is -2.40. The van der Waals surface area contributed by atoms with Crippen molar-refractivity contribution < 1.29 is 27.1 Å². The number of morpholine rings is 1. The van der Waals surface area contributed by atoms with Gasteiger partial charge in [0, 0.05) is 29.9 Å². The smallest absolute Gasteiger partial charge is 0.255 e. The van der Waals surface area contributed by atoms with E-state index in [2.05, 4.69) is 5.32 Å². The van der Waals surface area contributed by atoms with Gasteiger partial charge < -0.3 is 15.0 Å². The van der Waals surface area contributed by atoms with Crippen LogP contribution in [0.15, 0.2) is 77.7 Å². The minimum Gasteiger partial charge on any atom is -0.379 e. The Morgan fingerprint density at radius 1 is 0.972 bits per heavy atom. The Morgan fingerprint density at radius 2 is 1.67 bits per heavy atom. The summed E-state index contributed by atoms with van der Waals surface area (Å²) in [6.45, 7) is 0.926. The van der Waals surface area contributed by atoms with Crippen LogP contribution in [0.25, 0.3) is 0 Å². The summed E-state index contributed by atoms with van der Waals surface area (Å²) >= 11 is 0. The van der Waals surface area contributed by atoms with Gasteiger partial charge in [-0.3, -0.25) is 9.59 Å². The molecule has 2 aliphatic rings. The molecule has 5 rings (SSSR count). The molecule has 0 saturated carbocycles. The van der Waals surface area contributed by atoms with E-state index in [9.17, 15) is 22.4 Å². The molecule has 8 nitrogen and oxygen atoms in total. The average molecular weight is 510 g/mol. The summed E-state index contributed by atoms with van der Waals surface area (Å²) in [6, 6.07) is 18.0. The first kappa shape index (κ1) is 24.1. The molecule has 2 aliphatic heterocycles. The first-order valence-electron chi connectivity index (χ1n) is 11.5. The fraction of sp³-hybridized carbons (Fsp3) is 0.231. The number of anilines is 1. The van der Waals surface area contributed by atoms with E-state index < -0.39 is 33.7 Å². The maximum absolute atomic E-state index is 14.3. The molecular weight excluding hydrogens is 485 g/mol. The van der Waals surface area contributed by atoms with Gasteiger partial charge in [0.05, 0.1) is 24.2 Å². The van der Waals surface area contributed by atoms with Crippen molar-refractivity contribution in [2.45, 2.75) is 10.9 Å². The third kappa shape index (κ3) is 4.62. The number of rotatable bonds is 4.